The Bertz CT molecular complexity index is 471. The number of carbonyl (C=O) groups is 1. The number of halogens is 1. The summed E-state index contributed by atoms with van der Waals surface area (Å²) in [7, 11) is 0. The Hall–Kier alpha value is -2.16. The first-order valence-corrected chi connectivity index (χ1v) is 5.25. The van der Waals surface area contributed by atoms with Gasteiger partial charge in [0, 0.05) is 11.1 Å². The minimum absolute atomic E-state index is 0.249. The Kier molecular flexibility index (Phi) is 2.91. The minimum Gasteiger partial charge on any atom is -0.366 e. The van der Waals surface area contributed by atoms with Crippen molar-refractivity contribution in [2.75, 3.05) is 0 Å². The first-order valence-electron chi connectivity index (χ1n) is 5.25. The first-order chi connectivity index (χ1) is 8.15. The maximum absolute atomic E-state index is 14.9. The molecule has 2 aromatic rings. The molecule has 2 N–H and O–H groups in total. The van der Waals surface area contributed by atoms with E-state index in [2.05, 4.69) is 0 Å². The normalized spacial score (nSPS) is 11.1. The summed E-state index contributed by atoms with van der Waals surface area (Å²) in [6.07, 6.45) is 0. The maximum Gasteiger partial charge on any atom is 0.264 e. The van der Waals surface area contributed by atoms with E-state index < -0.39 is 11.6 Å². The molecular weight excluding hydrogens is 217 g/mol. The van der Waals surface area contributed by atoms with E-state index in [4.69, 9.17) is 5.73 Å². The first kappa shape index (κ1) is 11.3. The van der Waals surface area contributed by atoms with Gasteiger partial charge in [-0.15, -0.1) is 0 Å². The van der Waals surface area contributed by atoms with Crippen molar-refractivity contribution < 1.29 is 9.18 Å². The van der Waals surface area contributed by atoms with Crippen LogP contribution in [0.25, 0.3) is 0 Å². The van der Waals surface area contributed by atoms with E-state index in [9.17, 15) is 9.18 Å². The number of nitrogens with two attached hydrogens (primary N) is 1. The molecule has 0 fully saturated rings. The van der Waals surface area contributed by atoms with Crippen molar-refractivity contribution in [3.63, 3.8) is 0 Å². The van der Waals surface area contributed by atoms with Crippen molar-refractivity contribution >= 4 is 5.91 Å². The van der Waals surface area contributed by atoms with Crippen molar-refractivity contribution in [3.8, 4) is 0 Å². The summed E-state index contributed by atoms with van der Waals surface area (Å²) < 4.78 is 14.9. The Balaban J connectivity index is 2.59. The van der Waals surface area contributed by atoms with Crippen LogP contribution in [0.2, 0.25) is 0 Å². The largest absolute Gasteiger partial charge is 0.366 e. The van der Waals surface area contributed by atoms with Gasteiger partial charge in [-0.3, -0.25) is 4.79 Å². The fraction of sp³-hybridized carbons (Fsp3) is 0.0714. The van der Waals surface area contributed by atoms with Crippen molar-refractivity contribution in [1.82, 2.24) is 0 Å². The molecule has 0 aliphatic heterocycles. The van der Waals surface area contributed by atoms with E-state index in [1.807, 2.05) is 0 Å². The second kappa shape index (κ2) is 4.37. The lowest BCUT2D eigenvalue weighted by atomic mass is 9.87. The van der Waals surface area contributed by atoms with Gasteiger partial charge in [0.2, 0.25) is 5.67 Å². The minimum atomic E-state index is -2.28. The molecule has 3 heteroatoms. The van der Waals surface area contributed by atoms with Gasteiger partial charge >= 0.3 is 0 Å². The Morgan fingerprint density at radius 2 is 1.24 bits per heavy atom. The summed E-state index contributed by atoms with van der Waals surface area (Å²) in [6, 6.07) is 16.4. The van der Waals surface area contributed by atoms with Gasteiger partial charge in [0.05, 0.1) is 0 Å². The van der Waals surface area contributed by atoms with Crippen LogP contribution >= 0.6 is 0 Å². The van der Waals surface area contributed by atoms with Crippen LogP contribution in [0.5, 0.6) is 0 Å². The van der Waals surface area contributed by atoms with Crippen molar-refractivity contribution in [3.05, 3.63) is 71.8 Å². The van der Waals surface area contributed by atoms with Crippen molar-refractivity contribution in [2.45, 2.75) is 5.67 Å². The van der Waals surface area contributed by atoms with Gasteiger partial charge in [-0.05, 0) is 0 Å². The molecule has 0 spiro atoms. The summed E-state index contributed by atoms with van der Waals surface area (Å²) in [5.74, 6) is -1.00. The average molecular weight is 229 g/mol. The average Bonchev–Trinajstić information content (AvgIpc) is 2.39. The molecule has 2 rings (SSSR count). The number of alkyl halides is 1. The van der Waals surface area contributed by atoms with Gasteiger partial charge in [-0.1, -0.05) is 60.7 Å². The third-order valence-electron chi connectivity index (χ3n) is 2.68. The lowest BCUT2D eigenvalue weighted by Gasteiger charge is -2.22. The molecule has 86 valence electrons. The maximum atomic E-state index is 14.9. The quantitative estimate of drug-likeness (QED) is 0.862. The Morgan fingerprint density at radius 3 is 1.53 bits per heavy atom. The number of hydrogen-bond acceptors (Lipinski definition) is 1. The highest BCUT2D eigenvalue weighted by molar-refractivity contribution is 5.88. The van der Waals surface area contributed by atoms with E-state index in [1.165, 1.54) is 0 Å². The van der Waals surface area contributed by atoms with Crippen LogP contribution in [0.4, 0.5) is 4.39 Å². The standard InChI is InChI=1S/C14H12FNO/c15-14(13(16)17,11-7-3-1-4-8-11)12-9-5-2-6-10-12/h1-10H,(H2,16,17). The predicted octanol–water partition coefficient (Wildman–Crippen LogP) is 2.39. The number of amides is 1. The van der Waals surface area contributed by atoms with Crippen LogP contribution in [0.3, 0.4) is 0 Å². The zero-order valence-electron chi connectivity index (χ0n) is 9.14. The molecule has 0 aliphatic carbocycles. The molecule has 17 heavy (non-hydrogen) atoms. The van der Waals surface area contributed by atoms with Crippen LogP contribution < -0.4 is 5.73 Å². The van der Waals surface area contributed by atoms with Crippen LogP contribution in [0.15, 0.2) is 60.7 Å². The van der Waals surface area contributed by atoms with E-state index in [0.717, 1.165) is 0 Å². The fourth-order valence-corrected chi connectivity index (χ4v) is 1.79. The van der Waals surface area contributed by atoms with Gasteiger partial charge in [0.25, 0.3) is 5.91 Å². The third-order valence-corrected chi connectivity index (χ3v) is 2.68. The lowest BCUT2D eigenvalue weighted by molar-refractivity contribution is -0.127. The molecule has 1 amide bonds. The topological polar surface area (TPSA) is 43.1 Å². The van der Waals surface area contributed by atoms with Gasteiger partial charge < -0.3 is 5.73 Å². The highest BCUT2D eigenvalue weighted by Crippen LogP contribution is 2.33. The predicted molar refractivity (Wildman–Crippen MR) is 64.0 cm³/mol. The number of rotatable bonds is 3. The molecule has 0 atom stereocenters. The zero-order valence-corrected chi connectivity index (χ0v) is 9.14. The van der Waals surface area contributed by atoms with Crippen LogP contribution in [-0.2, 0) is 10.5 Å². The number of benzene rings is 2. The molecule has 0 bridgehead atoms. The van der Waals surface area contributed by atoms with Crippen molar-refractivity contribution in [1.29, 1.82) is 0 Å². The second-order valence-corrected chi connectivity index (χ2v) is 3.75. The number of primary amides is 1. The number of carbonyl (C=O) groups excluding carboxylic acids is 1. The van der Waals surface area contributed by atoms with Gasteiger partial charge in [0.1, 0.15) is 0 Å². The number of hydrogen-bond donors (Lipinski definition) is 1. The molecule has 0 heterocycles. The Morgan fingerprint density at radius 1 is 0.882 bits per heavy atom. The zero-order chi connectivity index (χ0) is 12.3. The highest BCUT2D eigenvalue weighted by Gasteiger charge is 2.40. The molecule has 0 radical (unpaired) electrons. The summed E-state index contributed by atoms with van der Waals surface area (Å²) in [6.45, 7) is 0. The lowest BCUT2D eigenvalue weighted by Crippen LogP contribution is -2.38. The molecular formula is C14H12FNO. The molecule has 0 aliphatic rings. The van der Waals surface area contributed by atoms with E-state index in [-0.39, 0.29) is 11.1 Å². The van der Waals surface area contributed by atoms with Gasteiger partial charge in [-0.2, -0.15) is 0 Å². The molecule has 0 saturated heterocycles. The Labute approximate surface area is 98.9 Å². The van der Waals surface area contributed by atoms with Crippen LogP contribution in [-0.4, -0.2) is 5.91 Å². The summed E-state index contributed by atoms with van der Waals surface area (Å²) in [5.41, 5.74) is 3.44. The summed E-state index contributed by atoms with van der Waals surface area (Å²) in [5, 5.41) is 0. The molecule has 2 aromatic carbocycles. The monoisotopic (exact) mass is 229 g/mol. The molecule has 2 nitrogen and oxygen atoms in total. The van der Waals surface area contributed by atoms with Crippen molar-refractivity contribution in [2.24, 2.45) is 5.73 Å². The molecule has 0 aromatic heterocycles. The highest BCUT2D eigenvalue weighted by atomic mass is 19.1. The van der Waals surface area contributed by atoms with E-state index >= 15 is 0 Å². The molecule has 0 unspecified atom stereocenters. The SMILES string of the molecule is NC(=O)C(F)(c1ccccc1)c1ccccc1. The summed E-state index contributed by atoms with van der Waals surface area (Å²) >= 11 is 0. The molecule has 0 saturated carbocycles. The fourth-order valence-electron chi connectivity index (χ4n) is 1.79. The van der Waals surface area contributed by atoms with E-state index in [1.54, 1.807) is 60.7 Å². The smallest absolute Gasteiger partial charge is 0.264 e. The van der Waals surface area contributed by atoms with Gasteiger partial charge in [0.15, 0.2) is 0 Å². The van der Waals surface area contributed by atoms with Crippen LogP contribution in [0, 0.1) is 0 Å². The second-order valence-electron chi connectivity index (χ2n) is 3.75. The van der Waals surface area contributed by atoms with Gasteiger partial charge in [-0.25, -0.2) is 4.39 Å². The van der Waals surface area contributed by atoms with E-state index in [0.29, 0.717) is 0 Å². The third kappa shape index (κ3) is 1.91. The van der Waals surface area contributed by atoms with Crippen LogP contribution in [0.1, 0.15) is 11.1 Å². The summed E-state index contributed by atoms with van der Waals surface area (Å²) in [4.78, 5) is 11.5.